The zero-order valence-corrected chi connectivity index (χ0v) is 16.7. The lowest BCUT2D eigenvalue weighted by molar-refractivity contribution is -0.114. The van der Waals surface area contributed by atoms with Crippen molar-refractivity contribution in [2.75, 3.05) is 18.4 Å². The van der Waals surface area contributed by atoms with Gasteiger partial charge in [0.05, 0.1) is 0 Å². The predicted octanol–water partition coefficient (Wildman–Crippen LogP) is 3.81. The predicted molar refractivity (Wildman–Crippen MR) is 112 cm³/mol. The van der Waals surface area contributed by atoms with Crippen LogP contribution in [0.3, 0.4) is 0 Å². The zero-order chi connectivity index (χ0) is 19.9. The maximum absolute atomic E-state index is 12.4. The summed E-state index contributed by atoms with van der Waals surface area (Å²) < 4.78 is 0. The molecule has 1 aliphatic heterocycles. The number of carbonyl (C=O) groups excluding carboxylic acids is 2. The Morgan fingerprint density at radius 1 is 1.04 bits per heavy atom. The highest BCUT2D eigenvalue weighted by atomic mass is 16.2. The van der Waals surface area contributed by atoms with E-state index in [9.17, 15) is 9.59 Å². The molecular weight excluding hydrogens is 350 g/mol. The van der Waals surface area contributed by atoms with E-state index >= 15 is 0 Å². The second-order valence-corrected chi connectivity index (χ2v) is 7.72. The van der Waals surface area contributed by atoms with E-state index in [1.165, 1.54) is 38.4 Å². The van der Waals surface area contributed by atoms with E-state index in [2.05, 4.69) is 46.7 Å². The Hall–Kier alpha value is -2.66. The third-order valence-electron chi connectivity index (χ3n) is 5.20. The second-order valence-electron chi connectivity index (χ2n) is 7.72. The van der Waals surface area contributed by atoms with Gasteiger partial charge < -0.3 is 10.6 Å². The molecule has 148 valence electrons. The fourth-order valence-corrected chi connectivity index (χ4v) is 3.47. The number of amides is 2. The summed E-state index contributed by atoms with van der Waals surface area (Å²) in [5.74, 6) is 0.539. The van der Waals surface area contributed by atoms with Crippen LogP contribution in [0.25, 0.3) is 0 Å². The fourth-order valence-electron chi connectivity index (χ4n) is 3.47. The van der Waals surface area contributed by atoms with E-state index in [1.807, 2.05) is 0 Å². The Morgan fingerprint density at radius 2 is 1.71 bits per heavy atom. The van der Waals surface area contributed by atoms with Crippen molar-refractivity contribution >= 4 is 17.5 Å². The van der Waals surface area contributed by atoms with E-state index in [0.29, 0.717) is 17.8 Å². The Labute approximate surface area is 167 Å². The quantitative estimate of drug-likeness (QED) is 0.802. The van der Waals surface area contributed by atoms with Crippen molar-refractivity contribution in [1.29, 1.82) is 0 Å². The van der Waals surface area contributed by atoms with Gasteiger partial charge in [0.1, 0.15) is 0 Å². The molecule has 2 aromatic rings. The van der Waals surface area contributed by atoms with Crippen LogP contribution >= 0.6 is 0 Å². The number of nitrogens with zero attached hydrogens (tertiary/aromatic N) is 1. The number of anilines is 1. The summed E-state index contributed by atoms with van der Waals surface area (Å²) in [6, 6.07) is 15.4. The zero-order valence-electron chi connectivity index (χ0n) is 16.7. The summed E-state index contributed by atoms with van der Waals surface area (Å²) in [5, 5.41) is 5.63. The molecule has 0 radical (unpaired) electrons. The molecule has 2 aromatic carbocycles. The average Bonchev–Trinajstić information content (AvgIpc) is 2.69. The minimum absolute atomic E-state index is 0.154. The van der Waals surface area contributed by atoms with Crippen LogP contribution in [0.1, 0.15) is 48.2 Å². The van der Waals surface area contributed by atoms with Gasteiger partial charge >= 0.3 is 0 Å². The van der Waals surface area contributed by atoms with Gasteiger partial charge in [-0.05, 0) is 61.2 Å². The molecule has 0 spiro atoms. The Kier molecular flexibility index (Phi) is 6.82. The Balaban J connectivity index is 1.50. The summed E-state index contributed by atoms with van der Waals surface area (Å²) in [5.41, 5.74) is 3.54. The number of piperidine rings is 1. The van der Waals surface area contributed by atoms with Crippen molar-refractivity contribution in [3.63, 3.8) is 0 Å². The highest BCUT2D eigenvalue weighted by Gasteiger charge is 2.15. The van der Waals surface area contributed by atoms with Crippen LogP contribution in [0.2, 0.25) is 0 Å². The molecule has 0 bridgehead atoms. The van der Waals surface area contributed by atoms with Gasteiger partial charge in [-0.15, -0.1) is 0 Å². The molecule has 2 amide bonds. The molecule has 1 saturated heterocycles. The van der Waals surface area contributed by atoms with Crippen molar-refractivity contribution in [3.05, 3.63) is 65.2 Å². The first-order chi connectivity index (χ1) is 13.5. The van der Waals surface area contributed by atoms with E-state index in [1.54, 1.807) is 24.3 Å². The number of benzene rings is 2. The topological polar surface area (TPSA) is 61.4 Å². The van der Waals surface area contributed by atoms with Crippen LogP contribution in [0.5, 0.6) is 0 Å². The molecule has 3 rings (SSSR count). The van der Waals surface area contributed by atoms with Gasteiger partial charge in [-0.1, -0.05) is 37.3 Å². The molecule has 1 aliphatic rings. The molecule has 5 heteroatoms. The first kappa shape index (κ1) is 20.1. The van der Waals surface area contributed by atoms with Gasteiger partial charge in [0.15, 0.2) is 0 Å². The molecule has 5 nitrogen and oxygen atoms in total. The molecule has 28 heavy (non-hydrogen) atoms. The molecule has 0 atom stereocenters. The fraction of sp³-hybridized carbons (Fsp3) is 0.391. The summed E-state index contributed by atoms with van der Waals surface area (Å²) in [6.07, 6.45) is 2.57. The lowest BCUT2D eigenvalue weighted by Crippen LogP contribution is -2.32. The number of hydrogen-bond donors (Lipinski definition) is 2. The van der Waals surface area contributed by atoms with Gasteiger partial charge in [0.25, 0.3) is 5.91 Å². The van der Waals surface area contributed by atoms with Gasteiger partial charge in [-0.3, -0.25) is 14.5 Å². The van der Waals surface area contributed by atoms with Crippen LogP contribution in [0.4, 0.5) is 5.69 Å². The van der Waals surface area contributed by atoms with Crippen LogP contribution in [-0.2, 0) is 17.9 Å². The van der Waals surface area contributed by atoms with E-state index in [4.69, 9.17) is 0 Å². The number of hydrogen-bond acceptors (Lipinski definition) is 3. The van der Waals surface area contributed by atoms with Crippen LogP contribution in [-0.4, -0.2) is 29.8 Å². The average molecular weight is 380 g/mol. The molecule has 0 aromatic heterocycles. The van der Waals surface area contributed by atoms with E-state index < -0.39 is 0 Å². The maximum atomic E-state index is 12.4. The van der Waals surface area contributed by atoms with E-state index in [-0.39, 0.29) is 11.8 Å². The molecule has 0 unspecified atom stereocenters. The van der Waals surface area contributed by atoms with Crippen LogP contribution in [0, 0.1) is 5.92 Å². The van der Waals surface area contributed by atoms with Crippen molar-refractivity contribution in [3.8, 4) is 0 Å². The summed E-state index contributed by atoms with van der Waals surface area (Å²) in [6.45, 7) is 7.60. The Morgan fingerprint density at radius 3 is 2.39 bits per heavy atom. The number of nitrogens with one attached hydrogen (secondary N) is 2. The van der Waals surface area contributed by atoms with Crippen molar-refractivity contribution in [1.82, 2.24) is 10.2 Å². The minimum atomic E-state index is -0.156. The lowest BCUT2D eigenvalue weighted by Gasteiger charge is -2.30. The van der Waals surface area contributed by atoms with E-state index in [0.717, 1.165) is 18.0 Å². The molecule has 0 aliphatic carbocycles. The highest BCUT2D eigenvalue weighted by Crippen LogP contribution is 2.18. The van der Waals surface area contributed by atoms with Crippen molar-refractivity contribution in [2.24, 2.45) is 5.92 Å². The van der Waals surface area contributed by atoms with Gasteiger partial charge in [0, 0.05) is 31.3 Å². The Bertz CT molecular complexity index is 809. The minimum Gasteiger partial charge on any atom is -0.348 e. The third-order valence-corrected chi connectivity index (χ3v) is 5.20. The normalized spacial score (nSPS) is 15.2. The molecule has 2 N–H and O–H groups in total. The van der Waals surface area contributed by atoms with Gasteiger partial charge in [-0.2, -0.15) is 0 Å². The van der Waals surface area contributed by atoms with Crippen molar-refractivity contribution < 1.29 is 9.59 Å². The first-order valence-electron chi connectivity index (χ1n) is 9.95. The van der Waals surface area contributed by atoms with Gasteiger partial charge in [0.2, 0.25) is 5.91 Å². The molecule has 1 fully saturated rings. The highest BCUT2D eigenvalue weighted by molar-refractivity contribution is 5.96. The smallest absolute Gasteiger partial charge is 0.251 e. The third kappa shape index (κ3) is 5.92. The van der Waals surface area contributed by atoms with Gasteiger partial charge in [-0.25, -0.2) is 0 Å². The van der Waals surface area contributed by atoms with Crippen molar-refractivity contribution in [2.45, 2.75) is 39.8 Å². The number of carbonyl (C=O) groups is 2. The largest absolute Gasteiger partial charge is 0.348 e. The van der Waals surface area contributed by atoms with Crippen LogP contribution < -0.4 is 10.6 Å². The SMILES string of the molecule is CC(=O)Nc1cccc(C(=O)NCc2ccc(CN3CCC(C)CC3)cc2)c1. The molecular formula is C23H29N3O2. The standard InChI is InChI=1S/C23H29N3O2/c1-17-10-12-26(13-11-17)16-20-8-6-19(7-9-20)15-24-23(28)21-4-3-5-22(14-21)25-18(2)27/h3-9,14,17H,10-13,15-16H2,1-2H3,(H,24,28)(H,25,27). The summed E-state index contributed by atoms with van der Waals surface area (Å²) >= 11 is 0. The second kappa shape index (κ2) is 9.51. The maximum Gasteiger partial charge on any atom is 0.251 e. The monoisotopic (exact) mass is 379 g/mol. The van der Waals surface area contributed by atoms with Crippen LogP contribution in [0.15, 0.2) is 48.5 Å². The summed E-state index contributed by atoms with van der Waals surface area (Å²) in [7, 11) is 0. The summed E-state index contributed by atoms with van der Waals surface area (Å²) in [4.78, 5) is 26.1. The molecule has 1 heterocycles. The number of likely N-dealkylation sites (tertiary alicyclic amines) is 1. The first-order valence-corrected chi connectivity index (χ1v) is 9.95. The lowest BCUT2D eigenvalue weighted by atomic mass is 9.99. The molecule has 0 saturated carbocycles. The number of rotatable bonds is 6.